The van der Waals surface area contributed by atoms with Gasteiger partial charge in [-0.3, -0.25) is 9.71 Å². The predicted octanol–water partition coefficient (Wildman–Crippen LogP) is 4.11. The third-order valence-corrected chi connectivity index (χ3v) is 7.18. The van der Waals surface area contributed by atoms with E-state index in [-0.39, 0.29) is 11.9 Å². The zero-order valence-electron chi connectivity index (χ0n) is 20.6. The summed E-state index contributed by atoms with van der Waals surface area (Å²) in [4.78, 5) is 16.9. The Labute approximate surface area is 224 Å². The minimum Gasteiger partial charge on any atom is -0.435 e. The summed E-state index contributed by atoms with van der Waals surface area (Å²) in [6.45, 7) is 1.78. The van der Waals surface area contributed by atoms with Gasteiger partial charge < -0.3 is 15.4 Å². The first-order valence-corrected chi connectivity index (χ1v) is 13.8. The molecule has 39 heavy (non-hydrogen) atoms. The van der Waals surface area contributed by atoms with E-state index in [1.165, 1.54) is 18.6 Å². The predicted molar refractivity (Wildman–Crippen MR) is 142 cm³/mol. The lowest BCUT2D eigenvalue weighted by Gasteiger charge is -2.23. The van der Waals surface area contributed by atoms with Gasteiger partial charge >= 0.3 is 0 Å². The first kappa shape index (κ1) is 26.4. The van der Waals surface area contributed by atoms with E-state index in [4.69, 9.17) is 4.74 Å². The quantitative estimate of drug-likeness (QED) is 0.280. The number of anilines is 2. The number of benzene rings is 1. The lowest BCUT2D eigenvalue weighted by atomic mass is 10.1. The van der Waals surface area contributed by atoms with E-state index < -0.39 is 38.8 Å². The Morgan fingerprint density at radius 1 is 1.03 bits per heavy atom. The molecule has 0 saturated carbocycles. The second kappa shape index (κ2) is 11.7. The molecule has 1 unspecified atom stereocenters. The lowest BCUT2D eigenvalue weighted by Crippen LogP contribution is -2.38. The maximum Gasteiger partial charge on any atom is 0.237 e. The van der Waals surface area contributed by atoms with Crippen LogP contribution in [0.3, 0.4) is 0 Å². The Kier molecular flexibility index (Phi) is 7.89. The monoisotopic (exact) mass is 553 g/mol. The molecule has 10 nitrogen and oxygen atoms in total. The standard InChI is InChI=1S/C26H25F2N7O3S/c27-23-21(35-39(36,37)16-17-4-1-10-29-14-17)7-8-22(24(23)28)38-25-19(6-3-12-31-25)20-9-13-32-26(34-20)33-18-5-2-11-30-15-18/h1,3-4,6-10,12-14,18,30,35H,2,5,11,15-16H2,(H,32,33,34). The summed E-state index contributed by atoms with van der Waals surface area (Å²) in [6.07, 6.45) is 7.95. The number of sulfonamides is 1. The fourth-order valence-corrected chi connectivity index (χ4v) is 5.28. The van der Waals surface area contributed by atoms with Gasteiger partial charge in [0.2, 0.25) is 27.7 Å². The number of nitrogens with one attached hydrogen (secondary N) is 3. The molecule has 1 atom stereocenters. The second-order valence-electron chi connectivity index (χ2n) is 8.87. The number of halogens is 2. The van der Waals surface area contributed by atoms with Crippen molar-refractivity contribution in [3.63, 3.8) is 0 Å². The molecular formula is C26H25F2N7O3S. The number of aromatic nitrogens is 4. The summed E-state index contributed by atoms with van der Waals surface area (Å²) >= 11 is 0. The molecule has 1 saturated heterocycles. The Hall–Kier alpha value is -4.23. The Morgan fingerprint density at radius 2 is 1.90 bits per heavy atom. The van der Waals surface area contributed by atoms with Crippen molar-refractivity contribution in [2.24, 2.45) is 0 Å². The van der Waals surface area contributed by atoms with Crippen LogP contribution in [0.1, 0.15) is 18.4 Å². The van der Waals surface area contributed by atoms with Gasteiger partial charge in [0.05, 0.1) is 22.7 Å². The van der Waals surface area contributed by atoms with Crippen molar-refractivity contribution >= 4 is 21.7 Å². The normalized spacial score (nSPS) is 15.5. The van der Waals surface area contributed by atoms with Crippen molar-refractivity contribution < 1.29 is 21.9 Å². The molecule has 0 spiro atoms. The highest BCUT2D eigenvalue weighted by Gasteiger charge is 2.22. The summed E-state index contributed by atoms with van der Waals surface area (Å²) in [5, 5.41) is 6.62. The first-order valence-electron chi connectivity index (χ1n) is 12.2. The summed E-state index contributed by atoms with van der Waals surface area (Å²) in [7, 11) is -4.03. The van der Waals surface area contributed by atoms with E-state index in [2.05, 4.69) is 35.3 Å². The number of pyridine rings is 2. The average molecular weight is 554 g/mol. The van der Waals surface area contributed by atoms with Gasteiger partial charge in [-0.15, -0.1) is 0 Å². The van der Waals surface area contributed by atoms with Crippen molar-refractivity contribution in [3.05, 3.63) is 84.4 Å². The molecule has 1 fully saturated rings. The van der Waals surface area contributed by atoms with E-state index in [1.54, 1.807) is 36.5 Å². The SMILES string of the molecule is O=S(=O)(Cc1cccnc1)Nc1ccc(Oc2ncccc2-c2ccnc(NC3CCCNC3)n2)c(F)c1F. The Balaban J connectivity index is 1.35. The van der Waals surface area contributed by atoms with E-state index in [1.807, 2.05) is 0 Å². The van der Waals surface area contributed by atoms with Crippen molar-refractivity contribution in [3.8, 4) is 22.9 Å². The number of hydrogen-bond donors (Lipinski definition) is 3. The number of piperidine rings is 1. The lowest BCUT2D eigenvalue weighted by molar-refractivity contribution is 0.407. The van der Waals surface area contributed by atoms with Crippen LogP contribution in [0.25, 0.3) is 11.3 Å². The van der Waals surface area contributed by atoms with E-state index >= 15 is 0 Å². The number of hydrogen-bond acceptors (Lipinski definition) is 9. The van der Waals surface area contributed by atoms with Crippen molar-refractivity contribution in [1.29, 1.82) is 0 Å². The molecule has 1 aromatic carbocycles. The van der Waals surface area contributed by atoms with E-state index in [0.29, 0.717) is 22.8 Å². The molecule has 0 amide bonds. The zero-order chi connectivity index (χ0) is 27.2. The number of ether oxygens (including phenoxy) is 1. The molecule has 5 rings (SSSR count). The van der Waals surface area contributed by atoms with Gasteiger partial charge in [-0.05, 0) is 61.3 Å². The second-order valence-corrected chi connectivity index (χ2v) is 10.6. The highest BCUT2D eigenvalue weighted by Crippen LogP contribution is 2.34. The summed E-state index contributed by atoms with van der Waals surface area (Å²) in [5.41, 5.74) is 0.756. The number of nitrogens with zero attached hydrogens (tertiary/aromatic N) is 4. The molecule has 0 radical (unpaired) electrons. The Morgan fingerprint density at radius 3 is 2.69 bits per heavy atom. The largest absolute Gasteiger partial charge is 0.435 e. The van der Waals surface area contributed by atoms with Crippen LogP contribution in [0.4, 0.5) is 20.4 Å². The molecule has 1 aliphatic rings. The Bertz CT molecular complexity index is 1550. The van der Waals surface area contributed by atoms with Crippen LogP contribution in [-0.2, 0) is 15.8 Å². The minimum atomic E-state index is -4.03. The van der Waals surface area contributed by atoms with Crippen molar-refractivity contribution in [1.82, 2.24) is 25.3 Å². The van der Waals surface area contributed by atoms with Gasteiger partial charge in [-0.2, -0.15) is 4.39 Å². The van der Waals surface area contributed by atoms with E-state index in [9.17, 15) is 17.2 Å². The van der Waals surface area contributed by atoms with Crippen LogP contribution in [0.5, 0.6) is 11.6 Å². The van der Waals surface area contributed by atoms with Crippen molar-refractivity contribution in [2.75, 3.05) is 23.1 Å². The van der Waals surface area contributed by atoms with Crippen LogP contribution in [0.15, 0.2) is 67.3 Å². The van der Waals surface area contributed by atoms with Crippen LogP contribution in [-0.4, -0.2) is 47.5 Å². The van der Waals surface area contributed by atoms with Crippen molar-refractivity contribution in [2.45, 2.75) is 24.6 Å². The topological polar surface area (TPSA) is 131 Å². The maximum atomic E-state index is 15.0. The van der Waals surface area contributed by atoms with Gasteiger partial charge in [0.1, 0.15) is 0 Å². The summed E-state index contributed by atoms with van der Waals surface area (Å²) in [5.74, 6) is -3.29. The molecule has 0 bridgehead atoms. The summed E-state index contributed by atoms with van der Waals surface area (Å²) < 4.78 is 62.5. The smallest absolute Gasteiger partial charge is 0.237 e. The molecule has 4 heterocycles. The van der Waals surface area contributed by atoms with Crippen LogP contribution in [0, 0.1) is 11.6 Å². The molecular weight excluding hydrogens is 528 g/mol. The molecule has 13 heteroatoms. The molecule has 0 aliphatic carbocycles. The van der Waals surface area contributed by atoms with Gasteiger partial charge in [0, 0.05) is 37.4 Å². The molecule has 3 N–H and O–H groups in total. The minimum absolute atomic E-state index is 0.00955. The highest BCUT2D eigenvalue weighted by atomic mass is 32.2. The van der Waals surface area contributed by atoms with Gasteiger partial charge in [-0.25, -0.2) is 27.8 Å². The van der Waals surface area contributed by atoms with E-state index in [0.717, 1.165) is 38.1 Å². The molecule has 202 valence electrons. The zero-order valence-corrected chi connectivity index (χ0v) is 21.5. The van der Waals surface area contributed by atoms with Crippen LogP contribution in [0.2, 0.25) is 0 Å². The highest BCUT2D eigenvalue weighted by molar-refractivity contribution is 7.91. The maximum absolute atomic E-state index is 15.0. The average Bonchev–Trinajstić information content (AvgIpc) is 2.94. The third kappa shape index (κ3) is 6.62. The van der Waals surface area contributed by atoms with Gasteiger partial charge in [0.15, 0.2) is 11.6 Å². The molecule has 3 aromatic heterocycles. The summed E-state index contributed by atoms with van der Waals surface area (Å²) in [6, 6.07) is 10.6. The van der Waals surface area contributed by atoms with Crippen LogP contribution >= 0.6 is 0 Å². The molecule has 1 aliphatic heterocycles. The fraction of sp³-hybridized carbons (Fsp3) is 0.231. The number of rotatable bonds is 9. The van der Waals surface area contributed by atoms with Gasteiger partial charge in [0.25, 0.3) is 0 Å². The fourth-order valence-electron chi connectivity index (χ4n) is 4.10. The van der Waals surface area contributed by atoms with Crippen LogP contribution < -0.4 is 20.1 Å². The first-order chi connectivity index (χ1) is 18.9. The van der Waals surface area contributed by atoms with Gasteiger partial charge in [-0.1, -0.05) is 6.07 Å². The molecule has 4 aromatic rings. The third-order valence-electron chi connectivity index (χ3n) is 5.93.